The molecule has 2 N–H and O–H groups in total. The number of imide groups is 1. The first kappa shape index (κ1) is 18.2. The molecule has 0 bridgehead atoms. The Balaban J connectivity index is 1.54. The lowest BCUT2D eigenvalue weighted by Gasteiger charge is -2.12. The molecule has 3 rings (SSSR count). The van der Waals surface area contributed by atoms with Gasteiger partial charge in [0.2, 0.25) is 17.0 Å². The van der Waals surface area contributed by atoms with E-state index in [2.05, 4.69) is 16.3 Å². The van der Waals surface area contributed by atoms with Gasteiger partial charge in [-0.3, -0.25) is 14.5 Å². The van der Waals surface area contributed by atoms with E-state index in [1.807, 2.05) is 26.0 Å². The largest absolute Gasteiger partial charge is 0.486 e. The van der Waals surface area contributed by atoms with Crippen LogP contribution in [0.2, 0.25) is 0 Å². The molecule has 1 saturated heterocycles. The molecule has 2 aromatic rings. The van der Waals surface area contributed by atoms with E-state index in [0.29, 0.717) is 36.1 Å². The van der Waals surface area contributed by atoms with E-state index in [9.17, 15) is 9.59 Å². The maximum Gasteiger partial charge on any atom is 0.229 e. The number of benzene rings is 1. The van der Waals surface area contributed by atoms with Crippen LogP contribution in [0.4, 0.5) is 0 Å². The highest BCUT2D eigenvalue weighted by molar-refractivity contribution is 7.99. The SMILES string of the molecule is Cc1cc(C)cc(OCc2nnc(SCCN3C(=O)CCC3=O)n2N)c1. The van der Waals surface area contributed by atoms with Crippen molar-refractivity contribution in [1.82, 2.24) is 19.8 Å². The second kappa shape index (κ2) is 7.77. The molecule has 0 atom stereocenters. The lowest BCUT2D eigenvalue weighted by molar-refractivity contribution is -0.137. The molecule has 1 aliphatic rings. The average molecular weight is 375 g/mol. The number of aryl methyl sites for hydroxylation is 2. The van der Waals surface area contributed by atoms with Gasteiger partial charge in [-0.2, -0.15) is 0 Å². The molecule has 2 heterocycles. The summed E-state index contributed by atoms with van der Waals surface area (Å²) in [6.45, 7) is 4.57. The number of hydrogen-bond acceptors (Lipinski definition) is 7. The van der Waals surface area contributed by atoms with Crippen LogP contribution in [0.25, 0.3) is 0 Å². The van der Waals surface area contributed by atoms with Crippen LogP contribution >= 0.6 is 11.8 Å². The first-order valence-electron chi connectivity index (χ1n) is 8.30. The molecule has 8 nitrogen and oxygen atoms in total. The Morgan fingerprint density at radius 3 is 2.42 bits per heavy atom. The molecule has 9 heteroatoms. The Labute approximate surface area is 155 Å². The Morgan fingerprint density at radius 1 is 1.12 bits per heavy atom. The van der Waals surface area contributed by atoms with Gasteiger partial charge in [0.05, 0.1) is 0 Å². The van der Waals surface area contributed by atoms with Gasteiger partial charge in [-0.25, -0.2) is 4.68 Å². The summed E-state index contributed by atoms with van der Waals surface area (Å²) in [5, 5.41) is 8.62. The molecule has 1 aromatic heterocycles. The zero-order valence-electron chi connectivity index (χ0n) is 14.8. The summed E-state index contributed by atoms with van der Waals surface area (Å²) < 4.78 is 7.13. The van der Waals surface area contributed by atoms with E-state index in [4.69, 9.17) is 10.6 Å². The van der Waals surface area contributed by atoms with Crippen LogP contribution in [0, 0.1) is 13.8 Å². The van der Waals surface area contributed by atoms with E-state index in [0.717, 1.165) is 16.9 Å². The summed E-state index contributed by atoms with van der Waals surface area (Å²) in [7, 11) is 0. The fraction of sp³-hybridized carbons (Fsp3) is 0.412. The van der Waals surface area contributed by atoms with Crippen molar-refractivity contribution in [2.45, 2.75) is 38.5 Å². The highest BCUT2D eigenvalue weighted by Crippen LogP contribution is 2.20. The number of nitrogen functional groups attached to an aromatic ring is 1. The highest BCUT2D eigenvalue weighted by atomic mass is 32.2. The molecular formula is C17H21N5O3S. The molecule has 2 amide bonds. The molecule has 0 spiro atoms. The van der Waals surface area contributed by atoms with Crippen molar-refractivity contribution in [1.29, 1.82) is 0 Å². The van der Waals surface area contributed by atoms with Crippen molar-refractivity contribution >= 4 is 23.6 Å². The molecule has 0 aliphatic carbocycles. The molecular weight excluding hydrogens is 354 g/mol. The van der Waals surface area contributed by atoms with Crippen molar-refractivity contribution < 1.29 is 14.3 Å². The molecule has 138 valence electrons. The molecule has 0 radical (unpaired) electrons. The van der Waals surface area contributed by atoms with Crippen molar-refractivity contribution in [2.75, 3.05) is 18.1 Å². The van der Waals surface area contributed by atoms with Gasteiger partial charge < -0.3 is 10.6 Å². The summed E-state index contributed by atoms with van der Waals surface area (Å²) >= 11 is 1.35. The van der Waals surface area contributed by atoms with Crippen LogP contribution in [0.15, 0.2) is 23.4 Å². The standard InChI is InChI=1S/C17H21N5O3S/c1-11-7-12(2)9-13(8-11)25-10-14-19-20-17(22(14)18)26-6-5-21-15(23)3-4-16(21)24/h7-9H,3-6,10,18H2,1-2H3. The second-order valence-corrected chi connectivity index (χ2v) is 7.23. The minimum Gasteiger partial charge on any atom is -0.486 e. The number of rotatable bonds is 7. The maximum atomic E-state index is 11.6. The number of amides is 2. The van der Waals surface area contributed by atoms with Gasteiger partial charge >= 0.3 is 0 Å². The van der Waals surface area contributed by atoms with E-state index in [-0.39, 0.29) is 18.4 Å². The van der Waals surface area contributed by atoms with Gasteiger partial charge in [-0.15, -0.1) is 10.2 Å². The number of aromatic nitrogens is 3. The summed E-state index contributed by atoms with van der Waals surface area (Å²) in [5.74, 6) is 7.56. The Bertz CT molecular complexity index is 800. The predicted molar refractivity (Wildman–Crippen MR) is 97.1 cm³/mol. The van der Waals surface area contributed by atoms with Gasteiger partial charge in [0, 0.05) is 25.1 Å². The second-order valence-electron chi connectivity index (χ2n) is 6.17. The van der Waals surface area contributed by atoms with Crippen LogP contribution in [0.1, 0.15) is 29.8 Å². The summed E-state index contributed by atoms with van der Waals surface area (Å²) in [6, 6.07) is 5.97. The predicted octanol–water partition coefficient (Wildman–Crippen LogP) is 1.43. The van der Waals surface area contributed by atoms with Crippen LogP contribution in [-0.2, 0) is 16.2 Å². The quantitative estimate of drug-likeness (QED) is 0.443. The van der Waals surface area contributed by atoms with Crippen molar-refractivity contribution in [3.05, 3.63) is 35.2 Å². The number of thioether (sulfide) groups is 1. The van der Waals surface area contributed by atoms with E-state index < -0.39 is 0 Å². The Morgan fingerprint density at radius 2 is 1.77 bits per heavy atom. The molecule has 26 heavy (non-hydrogen) atoms. The zero-order chi connectivity index (χ0) is 18.7. The van der Waals surface area contributed by atoms with Gasteiger partial charge in [-0.05, 0) is 37.1 Å². The lowest BCUT2D eigenvalue weighted by atomic mass is 10.1. The average Bonchev–Trinajstić information content (AvgIpc) is 3.09. The summed E-state index contributed by atoms with van der Waals surface area (Å²) in [6.07, 6.45) is 0.604. The maximum absolute atomic E-state index is 11.6. The number of nitrogens with two attached hydrogens (primary N) is 1. The van der Waals surface area contributed by atoms with Crippen LogP contribution in [-0.4, -0.2) is 43.9 Å². The zero-order valence-corrected chi connectivity index (χ0v) is 15.6. The minimum atomic E-state index is -0.118. The van der Waals surface area contributed by atoms with Crippen molar-refractivity contribution in [3.63, 3.8) is 0 Å². The Kier molecular flexibility index (Phi) is 5.46. The minimum absolute atomic E-state index is 0.118. The smallest absolute Gasteiger partial charge is 0.229 e. The fourth-order valence-corrected chi connectivity index (χ4v) is 3.57. The normalized spacial score (nSPS) is 14.3. The number of carbonyl (C=O) groups is 2. The highest BCUT2D eigenvalue weighted by Gasteiger charge is 2.28. The number of ether oxygens (including phenoxy) is 1. The van der Waals surface area contributed by atoms with Crippen LogP contribution in [0.3, 0.4) is 0 Å². The van der Waals surface area contributed by atoms with Gasteiger partial charge in [0.15, 0.2) is 5.82 Å². The molecule has 1 fully saturated rings. The molecule has 1 aliphatic heterocycles. The van der Waals surface area contributed by atoms with Crippen LogP contribution < -0.4 is 10.6 Å². The van der Waals surface area contributed by atoms with E-state index >= 15 is 0 Å². The summed E-state index contributed by atoms with van der Waals surface area (Å²) in [4.78, 5) is 24.5. The van der Waals surface area contributed by atoms with Crippen LogP contribution in [0.5, 0.6) is 5.75 Å². The third-order valence-electron chi connectivity index (χ3n) is 4.00. The number of carbonyl (C=O) groups excluding carboxylic acids is 2. The van der Waals surface area contributed by atoms with E-state index in [1.54, 1.807) is 0 Å². The number of nitrogens with zero attached hydrogens (tertiary/aromatic N) is 4. The third kappa shape index (κ3) is 4.16. The third-order valence-corrected chi connectivity index (χ3v) is 4.92. The monoisotopic (exact) mass is 375 g/mol. The number of likely N-dealkylation sites (tertiary alicyclic amines) is 1. The molecule has 0 saturated carbocycles. The first-order valence-corrected chi connectivity index (χ1v) is 9.29. The molecule has 1 aromatic carbocycles. The first-order chi connectivity index (χ1) is 12.4. The van der Waals surface area contributed by atoms with Gasteiger partial charge in [0.1, 0.15) is 12.4 Å². The molecule has 0 unspecified atom stereocenters. The van der Waals surface area contributed by atoms with Gasteiger partial charge in [0.25, 0.3) is 0 Å². The van der Waals surface area contributed by atoms with Gasteiger partial charge in [-0.1, -0.05) is 17.8 Å². The van der Waals surface area contributed by atoms with Crippen molar-refractivity contribution in [3.8, 4) is 5.75 Å². The summed E-state index contributed by atoms with van der Waals surface area (Å²) in [5.41, 5.74) is 2.24. The number of hydrogen-bond donors (Lipinski definition) is 1. The van der Waals surface area contributed by atoms with E-state index in [1.165, 1.54) is 21.3 Å². The fourth-order valence-electron chi connectivity index (χ4n) is 2.77. The lowest BCUT2D eigenvalue weighted by Crippen LogP contribution is -2.31. The Hall–Kier alpha value is -2.55. The van der Waals surface area contributed by atoms with Crippen molar-refractivity contribution in [2.24, 2.45) is 0 Å². The topological polar surface area (TPSA) is 103 Å².